The first kappa shape index (κ1) is 33.7. The molecule has 0 radical (unpaired) electrons. The Balaban J connectivity index is 1.78. The molecule has 2 fully saturated rings. The molecule has 42 heavy (non-hydrogen) atoms. The number of unbranched alkanes of at least 4 members (excludes halogenated alkanes) is 1. The van der Waals surface area contributed by atoms with Gasteiger partial charge < -0.3 is 9.64 Å². The molecule has 1 amide bonds. The van der Waals surface area contributed by atoms with Crippen molar-refractivity contribution < 1.29 is 38.1 Å². The largest absolute Gasteiger partial charge is 0.435 e. The summed E-state index contributed by atoms with van der Waals surface area (Å²) in [5.74, 6) is -2.19. The normalized spacial score (nSPS) is 21.5. The van der Waals surface area contributed by atoms with Gasteiger partial charge in [-0.2, -0.15) is 0 Å². The van der Waals surface area contributed by atoms with Crippen LogP contribution < -0.4 is 0 Å². The summed E-state index contributed by atoms with van der Waals surface area (Å²) >= 11 is 0. The SMILES string of the molecule is CCC(=O)O[C@H](OP(=O)(CCCCc1ccccc1)CC(=O)N1C[C@H](C2CCCCC2)C[C@H]1C(=O)O[N+](=O)[O-])C(C)C. The summed E-state index contributed by atoms with van der Waals surface area (Å²) in [4.78, 5) is 55.1. The highest BCUT2D eigenvalue weighted by Crippen LogP contribution is 2.51. The average molecular weight is 609 g/mol. The summed E-state index contributed by atoms with van der Waals surface area (Å²) in [6, 6.07) is 8.74. The molecule has 1 aromatic carbocycles. The standard InChI is InChI=1S/C30H45N2O9P/c1-4-28(34)39-30(22(2)3)41-42(38,18-12-11-15-23-13-7-5-8-14-23)21-27(33)31-20-25(24-16-9-6-10-17-24)19-26(31)29(35)40-32(36)37/h5,7-8,13-14,22,24-26,30H,4,6,9-12,15-21H2,1-3H3/t25-,26+,30-,42?/m1/s1. The second-order valence-electron chi connectivity index (χ2n) is 11.8. The Hall–Kier alpha value is -2.78. The molecule has 1 aliphatic heterocycles. The molecular formula is C30H45N2O9P. The van der Waals surface area contributed by atoms with E-state index >= 15 is 0 Å². The van der Waals surface area contributed by atoms with Crippen molar-refractivity contribution in [2.24, 2.45) is 17.8 Å². The third-order valence-electron chi connectivity index (χ3n) is 8.22. The van der Waals surface area contributed by atoms with Gasteiger partial charge in [-0.05, 0) is 43.1 Å². The van der Waals surface area contributed by atoms with Crippen LogP contribution in [0.25, 0.3) is 0 Å². The monoisotopic (exact) mass is 608 g/mol. The van der Waals surface area contributed by atoms with Gasteiger partial charge in [0, 0.05) is 25.0 Å². The van der Waals surface area contributed by atoms with Crippen LogP contribution in [0.4, 0.5) is 0 Å². The maximum atomic E-state index is 14.3. The van der Waals surface area contributed by atoms with Gasteiger partial charge in [0.1, 0.15) is 12.2 Å². The quantitative estimate of drug-likeness (QED) is 0.0605. The van der Waals surface area contributed by atoms with Crippen molar-refractivity contribution >= 4 is 25.2 Å². The van der Waals surface area contributed by atoms with Crippen LogP contribution >= 0.6 is 7.37 Å². The third kappa shape index (κ3) is 10.2. The zero-order chi connectivity index (χ0) is 30.7. The Morgan fingerprint density at radius 2 is 1.76 bits per heavy atom. The Kier molecular flexibility index (Phi) is 13.0. The average Bonchev–Trinajstić information content (AvgIpc) is 3.42. The van der Waals surface area contributed by atoms with Crippen molar-refractivity contribution in [3.05, 3.63) is 46.0 Å². The minimum absolute atomic E-state index is 0.00125. The zero-order valence-electron chi connectivity index (χ0n) is 25.0. The maximum absolute atomic E-state index is 14.3. The summed E-state index contributed by atoms with van der Waals surface area (Å²) in [5.41, 5.74) is 1.14. The molecule has 11 nitrogen and oxygen atoms in total. The van der Waals surface area contributed by atoms with Crippen LogP contribution in [0, 0.1) is 27.9 Å². The van der Waals surface area contributed by atoms with Crippen molar-refractivity contribution in [3.63, 3.8) is 0 Å². The van der Waals surface area contributed by atoms with Crippen LogP contribution in [-0.4, -0.2) is 59.0 Å². The van der Waals surface area contributed by atoms with Crippen molar-refractivity contribution in [2.75, 3.05) is 18.9 Å². The number of ether oxygens (including phenoxy) is 1. The summed E-state index contributed by atoms with van der Waals surface area (Å²) in [5, 5.41) is 9.80. The number of aryl methyl sites for hydroxylation is 1. The first-order valence-electron chi connectivity index (χ1n) is 15.2. The molecule has 1 unspecified atom stereocenters. The second-order valence-corrected chi connectivity index (χ2v) is 14.4. The van der Waals surface area contributed by atoms with Gasteiger partial charge in [-0.15, -0.1) is 10.1 Å². The van der Waals surface area contributed by atoms with E-state index in [9.17, 15) is 29.1 Å². The Morgan fingerprint density at radius 1 is 1.07 bits per heavy atom. The summed E-state index contributed by atoms with van der Waals surface area (Å²) in [6.45, 7) is 5.43. The molecule has 1 saturated heterocycles. The molecule has 0 spiro atoms. The number of carbonyl (C=O) groups is 3. The van der Waals surface area contributed by atoms with E-state index in [1.807, 2.05) is 30.3 Å². The topological polar surface area (TPSA) is 142 Å². The Labute approximate surface area is 248 Å². The van der Waals surface area contributed by atoms with Gasteiger partial charge in [-0.3, -0.25) is 23.5 Å². The van der Waals surface area contributed by atoms with Crippen LogP contribution in [0.3, 0.4) is 0 Å². The molecule has 4 atom stereocenters. The molecule has 1 aliphatic carbocycles. The summed E-state index contributed by atoms with van der Waals surface area (Å²) < 4.78 is 25.8. The van der Waals surface area contributed by atoms with Crippen LogP contribution in [0.15, 0.2) is 30.3 Å². The van der Waals surface area contributed by atoms with E-state index < -0.39 is 48.8 Å². The van der Waals surface area contributed by atoms with E-state index in [-0.39, 0.29) is 37.4 Å². The molecule has 12 heteroatoms. The number of rotatable bonds is 15. The van der Waals surface area contributed by atoms with Crippen LogP contribution in [-0.2, 0) is 39.5 Å². The van der Waals surface area contributed by atoms with Gasteiger partial charge in [-0.25, -0.2) is 4.84 Å². The van der Waals surface area contributed by atoms with Crippen molar-refractivity contribution in [1.29, 1.82) is 0 Å². The van der Waals surface area contributed by atoms with Crippen molar-refractivity contribution in [2.45, 2.75) is 97.3 Å². The number of carbonyl (C=O) groups excluding carboxylic acids is 3. The fourth-order valence-corrected chi connectivity index (χ4v) is 8.23. The highest BCUT2D eigenvalue weighted by molar-refractivity contribution is 7.59. The number of likely N-dealkylation sites (tertiary alicyclic amines) is 1. The Bertz CT molecular complexity index is 1110. The minimum Gasteiger partial charge on any atom is -0.435 e. The molecule has 234 valence electrons. The zero-order valence-corrected chi connectivity index (χ0v) is 25.9. The van der Waals surface area contributed by atoms with E-state index in [0.717, 1.165) is 44.1 Å². The molecule has 0 N–H and O–H groups in total. The first-order valence-corrected chi connectivity index (χ1v) is 17.2. The Morgan fingerprint density at radius 3 is 2.38 bits per heavy atom. The molecule has 1 aromatic rings. The number of amides is 1. The van der Waals surface area contributed by atoms with Crippen molar-refractivity contribution in [3.8, 4) is 0 Å². The number of nitrogens with zero attached hydrogens (tertiary/aromatic N) is 2. The highest BCUT2D eigenvalue weighted by Gasteiger charge is 2.45. The van der Waals surface area contributed by atoms with Gasteiger partial charge in [0.05, 0.1) is 0 Å². The van der Waals surface area contributed by atoms with E-state index in [0.29, 0.717) is 18.8 Å². The lowest BCUT2D eigenvalue weighted by molar-refractivity contribution is -0.730. The van der Waals surface area contributed by atoms with Crippen molar-refractivity contribution in [1.82, 2.24) is 4.90 Å². The number of hydrogen-bond donors (Lipinski definition) is 0. The number of benzene rings is 1. The first-order chi connectivity index (χ1) is 20.0. The molecule has 0 bridgehead atoms. The number of esters is 1. The predicted octanol–water partition coefficient (Wildman–Crippen LogP) is 5.77. The lowest BCUT2D eigenvalue weighted by Crippen LogP contribution is -2.43. The highest BCUT2D eigenvalue weighted by atomic mass is 31.2. The lowest BCUT2D eigenvalue weighted by atomic mass is 9.79. The van der Waals surface area contributed by atoms with Gasteiger partial charge in [0.2, 0.25) is 19.6 Å². The maximum Gasteiger partial charge on any atom is 0.326 e. The summed E-state index contributed by atoms with van der Waals surface area (Å²) in [7, 11) is -3.72. The fraction of sp³-hybridized carbons (Fsp3) is 0.700. The molecule has 2 aliphatic rings. The van der Waals surface area contributed by atoms with Gasteiger partial charge in [0.25, 0.3) is 0 Å². The second kappa shape index (κ2) is 16.2. The van der Waals surface area contributed by atoms with Gasteiger partial charge in [-0.1, -0.05) is 83.2 Å². The molecule has 0 aromatic heterocycles. The molecular weight excluding hydrogens is 563 g/mol. The van der Waals surface area contributed by atoms with E-state index in [1.165, 1.54) is 4.90 Å². The van der Waals surface area contributed by atoms with E-state index in [2.05, 4.69) is 4.84 Å². The smallest absolute Gasteiger partial charge is 0.326 e. The third-order valence-corrected chi connectivity index (χ3v) is 10.6. The molecule has 1 heterocycles. The lowest BCUT2D eigenvalue weighted by Gasteiger charge is -2.30. The summed E-state index contributed by atoms with van der Waals surface area (Å²) in [6.07, 6.45) is 6.08. The van der Waals surface area contributed by atoms with Crippen LogP contribution in [0.1, 0.15) is 84.1 Å². The molecule has 3 rings (SSSR count). The molecule has 1 saturated carbocycles. The fourth-order valence-electron chi connectivity index (χ4n) is 5.92. The van der Waals surface area contributed by atoms with Crippen LogP contribution in [0.5, 0.6) is 0 Å². The van der Waals surface area contributed by atoms with Gasteiger partial charge >= 0.3 is 17.0 Å². The van der Waals surface area contributed by atoms with E-state index in [4.69, 9.17) is 9.26 Å². The predicted molar refractivity (Wildman–Crippen MR) is 156 cm³/mol. The number of hydrogen-bond acceptors (Lipinski definition) is 9. The minimum atomic E-state index is -3.72. The van der Waals surface area contributed by atoms with Crippen LogP contribution in [0.2, 0.25) is 0 Å². The van der Waals surface area contributed by atoms with Gasteiger partial charge in [0.15, 0.2) is 0 Å². The van der Waals surface area contributed by atoms with E-state index in [1.54, 1.807) is 20.8 Å².